The lowest BCUT2D eigenvalue weighted by atomic mass is 9.72. The molecule has 2 N–H and O–H groups in total. The monoisotopic (exact) mass is 481 g/mol. The van der Waals surface area contributed by atoms with Gasteiger partial charge in [-0.3, -0.25) is 14.5 Å². The number of thiophene rings is 1. The van der Waals surface area contributed by atoms with Crippen LogP contribution >= 0.6 is 11.3 Å². The highest BCUT2D eigenvalue weighted by molar-refractivity contribution is 7.17. The molecule has 1 aromatic carbocycles. The third kappa shape index (κ3) is 6.08. The van der Waals surface area contributed by atoms with E-state index in [-0.39, 0.29) is 17.2 Å². The Bertz CT molecular complexity index is 1030. The molecule has 2 aromatic rings. The molecule has 4 rings (SSSR count). The van der Waals surface area contributed by atoms with E-state index < -0.39 is 0 Å². The molecule has 1 atom stereocenters. The van der Waals surface area contributed by atoms with Gasteiger partial charge >= 0.3 is 0 Å². The Kier molecular flexibility index (Phi) is 7.78. The van der Waals surface area contributed by atoms with Crippen molar-refractivity contribution in [2.75, 3.05) is 30.3 Å². The molecule has 1 saturated heterocycles. The van der Waals surface area contributed by atoms with E-state index in [1.807, 2.05) is 31.2 Å². The number of fused-ring (bicyclic) bond motifs is 1. The van der Waals surface area contributed by atoms with E-state index in [4.69, 9.17) is 0 Å². The number of hydrogen-bond acceptors (Lipinski definition) is 4. The number of anilines is 2. The van der Waals surface area contributed by atoms with Gasteiger partial charge < -0.3 is 10.6 Å². The molecule has 1 aromatic heterocycles. The normalized spacial score (nSPS) is 19.2. The standard InChI is InChI=1S/C28H39N3O2S/c1-19-10-9-11-21(16-19)29-26(33)25-22-13-12-20(28(2,3)4)17-23(22)34-27(25)30-24(32)18-31-14-7-5-6-8-15-31/h9-11,16,20H,5-8,12-15,17-18H2,1-4H3,(H,29,33)(H,30,32)/t20-/m1/s1. The Morgan fingerprint density at radius 2 is 1.82 bits per heavy atom. The quantitative estimate of drug-likeness (QED) is 0.529. The molecule has 0 bridgehead atoms. The Labute approximate surface area is 208 Å². The van der Waals surface area contributed by atoms with E-state index in [9.17, 15) is 9.59 Å². The van der Waals surface area contributed by atoms with Crippen LogP contribution in [0.1, 0.15) is 79.2 Å². The summed E-state index contributed by atoms with van der Waals surface area (Å²) in [5.74, 6) is 0.437. The maximum absolute atomic E-state index is 13.5. The van der Waals surface area contributed by atoms with Gasteiger partial charge in [-0.2, -0.15) is 0 Å². The predicted molar refractivity (Wildman–Crippen MR) is 142 cm³/mol. The van der Waals surface area contributed by atoms with Crippen LogP contribution in [0.2, 0.25) is 0 Å². The van der Waals surface area contributed by atoms with Gasteiger partial charge in [-0.25, -0.2) is 0 Å². The average molecular weight is 482 g/mol. The third-order valence-electron chi connectivity index (χ3n) is 7.31. The van der Waals surface area contributed by atoms with Gasteiger partial charge in [0.05, 0.1) is 12.1 Å². The molecule has 1 fully saturated rings. The lowest BCUT2D eigenvalue weighted by molar-refractivity contribution is -0.117. The van der Waals surface area contributed by atoms with Crippen LogP contribution in [-0.2, 0) is 17.6 Å². The number of nitrogens with one attached hydrogen (secondary N) is 2. The second-order valence-electron chi connectivity index (χ2n) is 11.1. The topological polar surface area (TPSA) is 61.4 Å². The van der Waals surface area contributed by atoms with Crippen molar-refractivity contribution in [3.05, 3.63) is 45.8 Å². The summed E-state index contributed by atoms with van der Waals surface area (Å²) in [6.07, 6.45) is 7.71. The molecule has 0 unspecified atom stereocenters. The van der Waals surface area contributed by atoms with Crippen molar-refractivity contribution in [3.63, 3.8) is 0 Å². The van der Waals surface area contributed by atoms with Gasteiger partial charge in [-0.1, -0.05) is 45.7 Å². The summed E-state index contributed by atoms with van der Waals surface area (Å²) in [4.78, 5) is 30.0. The zero-order valence-corrected chi connectivity index (χ0v) is 21.9. The fourth-order valence-electron chi connectivity index (χ4n) is 5.23. The minimum absolute atomic E-state index is 0.0162. The van der Waals surface area contributed by atoms with E-state index in [0.29, 0.717) is 23.0 Å². The SMILES string of the molecule is Cc1cccc(NC(=O)c2c(NC(=O)CN3CCCCCC3)sc3c2CC[C@@H](C(C)(C)C)C3)c1. The van der Waals surface area contributed by atoms with E-state index in [2.05, 4.69) is 36.3 Å². The largest absolute Gasteiger partial charge is 0.322 e. The van der Waals surface area contributed by atoms with Crippen molar-refractivity contribution < 1.29 is 9.59 Å². The molecule has 184 valence electrons. The number of amides is 2. The summed E-state index contributed by atoms with van der Waals surface area (Å²) in [6, 6.07) is 7.86. The molecule has 5 nitrogen and oxygen atoms in total. The number of carbonyl (C=O) groups is 2. The molecular weight excluding hydrogens is 442 g/mol. The Morgan fingerprint density at radius 1 is 1.09 bits per heavy atom. The van der Waals surface area contributed by atoms with Crippen molar-refractivity contribution in [1.29, 1.82) is 0 Å². The van der Waals surface area contributed by atoms with Crippen molar-refractivity contribution in [2.45, 2.75) is 72.6 Å². The van der Waals surface area contributed by atoms with Gasteiger partial charge in [0.25, 0.3) is 5.91 Å². The first-order valence-corrected chi connectivity index (χ1v) is 13.6. The Morgan fingerprint density at radius 3 is 2.50 bits per heavy atom. The van der Waals surface area contributed by atoms with Crippen LogP contribution in [0.15, 0.2) is 24.3 Å². The van der Waals surface area contributed by atoms with Crippen molar-refractivity contribution in [2.24, 2.45) is 11.3 Å². The predicted octanol–water partition coefficient (Wildman–Crippen LogP) is 6.27. The first-order valence-electron chi connectivity index (χ1n) is 12.8. The number of benzene rings is 1. The number of rotatable bonds is 5. The highest BCUT2D eigenvalue weighted by atomic mass is 32.1. The lowest BCUT2D eigenvalue weighted by Crippen LogP contribution is -2.34. The lowest BCUT2D eigenvalue weighted by Gasteiger charge is -2.33. The summed E-state index contributed by atoms with van der Waals surface area (Å²) in [5, 5.41) is 6.94. The van der Waals surface area contributed by atoms with Gasteiger partial charge in [-0.05, 0) is 86.7 Å². The van der Waals surface area contributed by atoms with Crippen molar-refractivity contribution in [3.8, 4) is 0 Å². The summed E-state index contributed by atoms with van der Waals surface area (Å²) in [7, 11) is 0. The smallest absolute Gasteiger partial charge is 0.258 e. The second-order valence-corrected chi connectivity index (χ2v) is 12.2. The number of nitrogens with zero attached hydrogens (tertiary/aromatic N) is 1. The number of likely N-dealkylation sites (tertiary alicyclic amines) is 1. The van der Waals surface area contributed by atoms with Crippen LogP contribution < -0.4 is 10.6 Å². The first kappa shape index (κ1) is 24.9. The van der Waals surface area contributed by atoms with E-state index in [1.165, 1.54) is 17.7 Å². The molecule has 34 heavy (non-hydrogen) atoms. The highest BCUT2D eigenvalue weighted by Gasteiger charge is 2.34. The Balaban J connectivity index is 1.58. The minimum atomic E-state index is -0.123. The molecule has 0 radical (unpaired) electrons. The zero-order chi connectivity index (χ0) is 24.3. The molecule has 1 aliphatic heterocycles. The third-order valence-corrected chi connectivity index (χ3v) is 8.48. The van der Waals surface area contributed by atoms with Gasteiger partial charge in [0, 0.05) is 10.6 Å². The summed E-state index contributed by atoms with van der Waals surface area (Å²) >= 11 is 1.61. The van der Waals surface area contributed by atoms with Crippen molar-refractivity contribution in [1.82, 2.24) is 4.90 Å². The number of aryl methyl sites for hydroxylation is 1. The second kappa shape index (κ2) is 10.6. The zero-order valence-electron chi connectivity index (χ0n) is 21.1. The van der Waals surface area contributed by atoms with Crippen LogP contribution in [0.4, 0.5) is 10.7 Å². The van der Waals surface area contributed by atoms with Gasteiger partial charge in [0.1, 0.15) is 5.00 Å². The average Bonchev–Trinajstić information content (AvgIpc) is 2.91. The van der Waals surface area contributed by atoms with E-state index >= 15 is 0 Å². The molecule has 6 heteroatoms. The molecular formula is C28H39N3O2S. The molecule has 2 aliphatic rings. The maximum Gasteiger partial charge on any atom is 0.258 e. The minimum Gasteiger partial charge on any atom is -0.322 e. The van der Waals surface area contributed by atoms with Crippen LogP contribution in [-0.4, -0.2) is 36.3 Å². The van der Waals surface area contributed by atoms with E-state index in [1.54, 1.807) is 11.3 Å². The molecule has 0 spiro atoms. The molecule has 2 amide bonds. The van der Waals surface area contributed by atoms with Crippen LogP contribution in [0.5, 0.6) is 0 Å². The van der Waals surface area contributed by atoms with Gasteiger partial charge in [0.15, 0.2) is 0 Å². The van der Waals surface area contributed by atoms with Gasteiger partial charge in [0.2, 0.25) is 5.91 Å². The molecule has 0 saturated carbocycles. The Hall–Kier alpha value is -2.18. The molecule has 2 heterocycles. The maximum atomic E-state index is 13.5. The highest BCUT2D eigenvalue weighted by Crippen LogP contribution is 2.44. The van der Waals surface area contributed by atoms with E-state index in [0.717, 1.165) is 62.0 Å². The number of carbonyl (C=O) groups excluding carboxylic acids is 2. The first-order chi connectivity index (χ1) is 16.2. The summed E-state index contributed by atoms with van der Waals surface area (Å²) in [5.41, 5.74) is 3.90. The fourth-order valence-corrected chi connectivity index (χ4v) is 6.57. The number of hydrogen-bond donors (Lipinski definition) is 2. The van der Waals surface area contributed by atoms with Crippen LogP contribution in [0, 0.1) is 18.3 Å². The summed E-state index contributed by atoms with van der Waals surface area (Å²) < 4.78 is 0. The fraction of sp³-hybridized carbons (Fsp3) is 0.571. The molecule has 1 aliphatic carbocycles. The summed E-state index contributed by atoms with van der Waals surface area (Å²) in [6.45, 7) is 11.3. The van der Waals surface area contributed by atoms with Crippen LogP contribution in [0.25, 0.3) is 0 Å². The van der Waals surface area contributed by atoms with Gasteiger partial charge in [-0.15, -0.1) is 11.3 Å². The van der Waals surface area contributed by atoms with Crippen LogP contribution in [0.3, 0.4) is 0 Å². The van der Waals surface area contributed by atoms with Crippen molar-refractivity contribution >= 4 is 33.8 Å².